The lowest BCUT2D eigenvalue weighted by atomic mass is 10.1. The molecule has 0 saturated carbocycles. The number of rotatable bonds is 8. The van der Waals surface area contributed by atoms with Crippen molar-refractivity contribution < 1.29 is 0 Å². The Balaban J connectivity index is 2.86. The first-order valence-electron chi connectivity index (χ1n) is 5.16. The Morgan fingerprint density at radius 1 is 1.08 bits per heavy atom. The predicted molar refractivity (Wildman–Crippen MR) is 56.2 cm³/mol. The van der Waals surface area contributed by atoms with Crippen molar-refractivity contribution in [3.8, 4) is 0 Å². The van der Waals surface area contributed by atoms with Gasteiger partial charge in [0.05, 0.1) is 0 Å². The minimum absolute atomic E-state index is 1.09. The number of hydrogen-bond acceptors (Lipinski definition) is 1. The summed E-state index contributed by atoms with van der Waals surface area (Å²) in [4.78, 5) is 0. The summed E-state index contributed by atoms with van der Waals surface area (Å²) in [6.45, 7) is 9.15. The van der Waals surface area contributed by atoms with E-state index in [0.717, 1.165) is 12.2 Å². The maximum absolute atomic E-state index is 3.79. The summed E-state index contributed by atoms with van der Waals surface area (Å²) in [7, 11) is 0. The van der Waals surface area contributed by atoms with Crippen LogP contribution in [0.4, 0.5) is 0 Å². The highest BCUT2D eigenvalue weighted by Gasteiger charge is 1.89. The summed E-state index contributed by atoms with van der Waals surface area (Å²) >= 11 is 0. The quantitative estimate of drug-likeness (QED) is 0.549. The fourth-order valence-electron chi connectivity index (χ4n) is 1.21. The van der Waals surface area contributed by atoms with E-state index in [0.29, 0.717) is 0 Å². The highest BCUT2D eigenvalue weighted by Crippen LogP contribution is 2.04. The third kappa shape index (κ3) is 9.54. The number of unbranched alkanes of at least 4 members (excludes halogenated alkanes) is 5. The van der Waals surface area contributed by atoms with Gasteiger partial charge in [-0.1, -0.05) is 45.6 Å². The molecule has 72 valence electrons. The van der Waals surface area contributed by atoms with Crippen LogP contribution in [0.1, 0.15) is 52.4 Å². The summed E-state index contributed by atoms with van der Waals surface area (Å²) in [5.41, 5.74) is 1.09. The van der Waals surface area contributed by atoms with Crippen molar-refractivity contribution in [2.75, 3.05) is 6.54 Å². The van der Waals surface area contributed by atoms with Crippen molar-refractivity contribution >= 4 is 0 Å². The Morgan fingerprint density at radius 3 is 2.25 bits per heavy atom. The van der Waals surface area contributed by atoms with Gasteiger partial charge in [-0.15, -0.1) is 0 Å². The Bertz CT molecular complexity index is 108. The summed E-state index contributed by atoms with van der Waals surface area (Å²) in [6, 6.07) is 0. The highest BCUT2D eigenvalue weighted by atomic mass is 14.9. The lowest BCUT2D eigenvalue weighted by Crippen LogP contribution is -2.11. The lowest BCUT2D eigenvalue weighted by Gasteiger charge is -2.04. The third-order valence-electron chi connectivity index (χ3n) is 1.96. The van der Waals surface area contributed by atoms with Gasteiger partial charge >= 0.3 is 0 Å². The Morgan fingerprint density at radius 2 is 1.67 bits per heavy atom. The standard InChI is InChI=1S/C11H23N/c1-4-5-6-7-8-9-10-12-11(2)3/h12H,2,4-10H2,1,3H3. The first kappa shape index (κ1) is 11.5. The van der Waals surface area contributed by atoms with E-state index in [2.05, 4.69) is 18.8 Å². The molecule has 0 fully saturated rings. The van der Waals surface area contributed by atoms with Crippen LogP contribution < -0.4 is 5.32 Å². The molecule has 0 unspecified atom stereocenters. The van der Waals surface area contributed by atoms with E-state index in [1.807, 2.05) is 6.92 Å². The molecule has 0 aliphatic heterocycles. The molecule has 0 radical (unpaired) electrons. The average molecular weight is 169 g/mol. The molecule has 0 bridgehead atoms. The molecule has 0 aliphatic carbocycles. The van der Waals surface area contributed by atoms with Crippen LogP contribution in [0.2, 0.25) is 0 Å². The van der Waals surface area contributed by atoms with Gasteiger partial charge in [-0.2, -0.15) is 0 Å². The molecular formula is C11H23N. The fraction of sp³-hybridized carbons (Fsp3) is 0.818. The van der Waals surface area contributed by atoms with E-state index < -0.39 is 0 Å². The second kappa shape index (κ2) is 8.63. The van der Waals surface area contributed by atoms with E-state index in [9.17, 15) is 0 Å². The molecule has 0 rings (SSSR count). The lowest BCUT2D eigenvalue weighted by molar-refractivity contribution is 0.593. The summed E-state index contributed by atoms with van der Waals surface area (Å²) < 4.78 is 0. The van der Waals surface area contributed by atoms with Gasteiger partial charge < -0.3 is 5.32 Å². The molecular weight excluding hydrogens is 146 g/mol. The minimum atomic E-state index is 1.09. The largest absolute Gasteiger partial charge is 0.389 e. The van der Waals surface area contributed by atoms with Crippen molar-refractivity contribution in [2.45, 2.75) is 52.4 Å². The first-order chi connectivity index (χ1) is 5.77. The van der Waals surface area contributed by atoms with E-state index in [-0.39, 0.29) is 0 Å². The molecule has 0 saturated heterocycles. The molecule has 1 heteroatoms. The van der Waals surface area contributed by atoms with Gasteiger partial charge in [0.2, 0.25) is 0 Å². The maximum Gasteiger partial charge on any atom is 0.0143 e. The summed E-state index contributed by atoms with van der Waals surface area (Å²) in [6.07, 6.45) is 8.18. The molecule has 12 heavy (non-hydrogen) atoms. The molecule has 0 aromatic carbocycles. The normalized spacial score (nSPS) is 9.83. The monoisotopic (exact) mass is 169 g/mol. The molecule has 0 atom stereocenters. The zero-order valence-electron chi connectivity index (χ0n) is 8.66. The van der Waals surface area contributed by atoms with E-state index >= 15 is 0 Å². The van der Waals surface area contributed by atoms with Crippen molar-refractivity contribution in [3.63, 3.8) is 0 Å². The molecule has 0 spiro atoms. The van der Waals surface area contributed by atoms with Crippen LogP contribution in [-0.2, 0) is 0 Å². The Kier molecular flexibility index (Phi) is 8.30. The van der Waals surface area contributed by atoms with Crippen molar-refractivity contribution in [3.05, 3.63) is 12.3 Å². The molecule has 1 N–H and O–H groups in total. The fourth-order valence-corrected chi connectivity index (χ4v) is 1.21. The van der Waals surface area contributed by atoms with Gasteiger partial charge in [-0.25, -0.2) is 0 Å². The van der Waals surface area contributed by atoms with E-state index in [1.165, 1.54) is 38.5 Å². The average Bonchev–Trinajstić information content (AvgIpc) is 2.02. The smallest absolute Gasteiger partial charge is 0.0143 e. The topological polar surface area (TPSA) is 12.0 Å². The molecule has 0 aromatic heterocycles. The van der Waals surface area contributed by atoms with Crippen LogP contribution in [0.15, 0.2) is 12.3 Å². The minimum Gasteiger partial charge on any atom is -0.389 e. The van der Waals surface area contributed by atoms with Gasteiger partial charge in [0.1, 0.15) is 0 Å². The highest BCUT2D eigenvalue weighted by molar-refractivity contribution is 4.83. The Hall–Kier alpha value is -0.460. The van der Waals surface area contributed by atoms with Crippen molar-refractivity contribution in [2.24, 2.45) is 0 Å². The zero-order valence-corrected chi connectivity index (χ0v) is 8.66. The number of nitrogens with one attached hydrogen (secondary N) is 1. The molecule has 0 aromatic rings. The van der Waals surface area contributed by atoms with Crippen molar-refractivity contribution in [1.29, 1.82) is 0 Å². The number of hydrogen-bond donors (Lipinski definition) is 1. The van der Waals surface area contributed by atoms with Crippen LogP contribution in [0.5, 0.6) is 0 Å². The van der Waals surface area contributed by atoms with Gasteiger partial charge in [0.15, 0.2) is 0 Å². The molecule has 1 nitrogen and oxygen atoms in total. The molecule has 0 heterocycles. The second-order valence-corrected chi connectivity index (χ2v) is 3.47. The van der Waals surface area contributed by atoms with Crippen LogP contribution in [0.3, 0.4) is 0 Å². The van der Waals surface area contributed by atoms with Gasteiger partial charge in [-0.3, -0.25) is 0 Å². The maximum atomic E-state index is 3.79. The van der Waals surface area contributed by atoms with Crippen LogP contribution in [0.25, 0.3) is 0 Å². The van der Waals surface area contributed by atoms with Gasteiger partial charge in [-0.05, 0) is 13.3 Å². The first-order valence-corrected chi connectivity index (χ1v) is 5.16. The van der Waals surface area contributed by atoms with Crippen LogP contribution in [-0.4, -0.2) is 6.54 Å². The SMILES string of the molecule is C=C(C)NCCCCCCCC. The Labute approximate surface area is 77.2 Å². The van der Waals surface area contributed by atoms with Crippen molar-refractivity contribution in [1.82, 2.24) is 5.32 Å². The molecule has 0 aliphatic rings. The van der Waals surface area contributed by atoms with Gasteiger partial charge in [0.25, 0.3) is 0 Å². The zero-order chi connectivity index (χ0) is 9.23. The third-order valence-corrected chi connectivity index (χ3v) is 1.96. The second-order valence-electron chi connectivity index (χ2n) is 3.47. The summed E-state index contributed by atoms with van der Waals surface area (Å²) in [5.74, 6) is 0. The van der Waals surface area contributed by atoms with E-state index in [4.69, 9.17) is 0 Å². The van der Waals surface area contributed by atoms with E-state index in [1.54, 1.807) is 0 Å². The van der Waals surface area contributed by atoms with Gasteiger partial charge in [0, 0.05) is 12.2 Å². The predicted octanol–water partition coefficient (Wildman–Crippen LogP) is 3.47. The van der Waals surface area contributed by atoms with Crippen LogP contribution >= 0.6 is 0 Å². The summed E-state index contributed by atoms with van der Waals surface area (Å²) in [5, 5.41) is 3.24. The number of allylic oxidation sites excluding steroid dienone is 1. The van der Waals surface area contributed by atoms with Crippen LogP contribution in [0, 0.1) is 0 Å². The molecule has 0 amide bonds.